The molecule has 2 unspecified atom stereocenters. The fraction of sp³-hybridized carbons (Fsp3) is 0.500. The third-order valence-electron chi connectivity index (χ3n) is 3.23. The van der Waals surface area contributed by atoms with Crippen molar-refractivity contribution in [1.29, 1.82) is 0 Å². The van der Waals surface area contributed by atoms with Crippen LogP contribution in [0, 0.1) is 10.1 Å². The summed E-state index contributed by atoms with van der Waals surface area (Å²) in [6, 6.07) is 5.14. The maximum atomic E-state index is 10.7. The first-order chi connectivity index (χ1) is 8.60. The van der Waals surface area contributed by atoms with Crippen LogP contribution in [-0.4, -0.2) is 24.1 Å². The van der Waals surface area contributed by atoms with Crippen LogP contribution in [-0.2, 0) is 0 Å². The van der Waals surface area contributed by atoms with Crippen molar-refractivity contribution in [2.45, 2.75) is 31.3 Å². The molecule has 1 aliphatic rings. The third-order valence-corrected chi connectivity index (χ3v) is 3.23. The molecular weight excluding hydrogens is 234 g/mol. The molecule has 0 aliphatic heterocycles. The van der Waals surface area contributed by atoms with Crippen LogP contribution < -0.4 is 15.8 Å². The van der Waals surface area contributed by atoms with Crippen LogP contribution >= 0.6 is 0 Å². The lowest BCUT2D eigenvalue weighted by molar-refractivity contribution is -0.384. The summed E-state index contributed by atoms with van der Waals surface area (Å²) in [7, 11) is 1.50. The second-order valence-electron chi connectivity index (χ2n) is 4.56. The van der Waals surface area contributed by atoms with Gasteiger partial charge in [-0.3, -0.25) is 10.1 Å². The Morgan fingerprint density at radius 1 is 1.50 bits per heavy atom. The highest BCUT2D eigenvalue weighted by molar-refractivity contribution is 5.61. The van der Waals surface area contributed by atoms with Crippen molar-refractivity contribution in [3.8, 4) is 5.75 Å². The first kappa shape index (κ1) is 12.6. The Balaban J connectivity index is 2.14. The SMILES string of the molecule is COc1cc([N+](=O)[O-])ccc1NC1CCC(N)C1. The molecule has 0 radical (unpaired) electrons. The molecule has 0 spiro atoms. The third kappa shape index (κ3) is 2.70. The Morgan fingerprint density at radius 3 is 2.83 bits per heavy atom. The number of rotatable bonds is 4. The molecule has 1 aromatic carbocycles. The van der Waals surface area contributed by atoms with Gasteiger partial charge in [0.1, 0.15) is 5.75 Å². The molecule has 1 aliphatic carbocycles. The monoisotopic (exact) mass is 251 g/mol. The highest BCUT2D eigenvalue weighted by Gasteiger charge is 2.22. The van der Waals surface area contributed by atoms with Gasteiger partial charge in [-0.05, 0) is 25.3 Å². The Morgan fingerprint density at radius 2 is 2.28 bits per heavy atom. The van der Waals surface area contributed by atoms with Crippen molar-refractivity contribution in [3.63, 3.8) is 0 Å². The van der Waals surface area contributed by atoms with Crippen LogP contribution in [0.25, 0.3) is 0 Å². The largest absolute Gasteiger partial charge is 0.494 e. The van der Waals surface area contributed by atoms with Gasteiger partial charge in [-0.15, -0.1) is 0 Å². The smallest absolute Gasteiger partial charge is 0.273 e. The summed E-state index contributed by atoms with van der Waals surface area (Å²) in [5.74, 6) is 0.490. The number of methoxy groups -OCH3 is 1. The van der Waals surface area contributed by atoms with Crippen LogP contribution in [0.1, 0.15) is 19.3 Å². The van der Waals surface area contributed by atoms with Gasteiger partial charge < -0.3 is 15.8 Å². The molecule has 2 atom stereocenters. The zero-order valence-electron chi connectivity index (χ0n) is 10.3. The quantitative estimate of drug-likeness (QED) is 0.630. The van der Waals surface area contributed by atoms with Crippen LogP contribution in [0.2, 0.25) is 0 Å². The summed E-state index contributed by atoms with van der Waals surface area (Å²) >= 11 is 0. The molecule has 0 amide bonds. The summed E-state index contributed by atoms with van der Waals surface area (Å²) in [4.78, 5) is 10.2. The Hall–Kier alpha value is -1.82. The van der Waals surface area contributed by atoms with E-state index in [1.54, 1.807) is 6.07 Å². The lowest BCUT2D eigenvalue weighted by atomic mass is 10.2. The van der Waals surface area contributed by atoms with Crippen molar-refractivity contribution < 1.29 is 9.66 Å². The molecule has 1 saturated carbocycles. The second-order valence-corrected chi connectivity index (χ2v) is 4.56. The molecular formula is C12H17N3O3. The van der Waals surface area contributed by atoms with Crippen LogP contribution in [0.3, 0.4) is 0 Å². The summed E-state index contributed by atoms with van der Waals surface area (Å²) in [6.45, 7) is 0. The number of nitrogens with one attached hydrogen (secondary N) is 1. The predicted octanol–water partition coefficient (Wildman–Crippen LogP) is 1.90. The van der Waals surface area contributed by atoms with E-state index in [1.807, 2.05) is 0 Å². The van der Waals surface area contributed by atoms with Crippen LogP contribution in [0.4, 0.5) is 11.4 Å². The molecule has 0 aromatic heterocycles. The van der Waals surface area contributed by atoms with Gasteiger partial charge in [0.05, 0.1) is 23.8 Å². The van der Waals surface area contributed by atoms with Gasteiger partial charge in [-0.25, -0.2) is 0 Å². The summed E-state index contributed by atoms with van der Waals surface area (Å²) in [5.41, 5.74) is 6.66. The van der Waals surface area contributed by atoms with E-state index in [9.17, 15) is 10.1 Å². The maximum Gasteiger partial charge on any atom is 0.273 e. The Labute approximate surface area is 105 Å². The first-order valence-electron chi connectivity index (χ1n) is 5.94. The van der Waals surface area contributed by atoms with Gasteiger partial charge in [-0.1, -0.05) is 0 Å². The maximum absolute atomic E-state index is 10.7. The summed E-state index contributed by atoms with van der Waals surface area (Å²) in [6.07, 6.45) is 2.94. The topological polar surface area (TPSA) is 90.4 Å². The lowest BCUT2D eigenvalue weighted by Gasteiger charge is -2.16. The van der Waals surface area contributed by atoms with Crippen molar-refractivity contribution >= 4 is 11.4 Å². The molecule has 0 heterocycles. The number of anilines is 1. The lowest BCUT2D eigenvalue weighted by Crippen LogP contribution is -2.21. The minimum Gasteiger partial charge on any atom is -0.494 e. The van der Waals surface area contributed by atoms with Gasteiger partial charge in [0.15, 0.2) is 0 Å². The van der Waals surface area contributed by atoms with Crippen molar-refractivity contribution in [3.05, 3.63) is 28.3 Å². The van der Waals surface area contributed by atoms with E-state index in [2.05, 4.69) is 5.32 Å². The van der Waals surface area contributed by atoms with Crippen molar-refractivity contribution in [2.24, 2.45) is 5.73 Å². The molecule has 98 valence electrons. The number of hydrogen-bond acceptors (Lipinski definition) is 5. The normalized spacial score (nSPS) is 22.8. The van der Waals surface area contributed by atoms with E-state index < -0.39 is 4.92 Å². The van der Waals surface area contributed by atoms with E-state index in [0.29, 0.717) is 11.8 Å². The minimum atomic E-state index is -0.433. The van der Waals surface area contributed by atoms with E-state index >= 15 is 0 Å². The number of non-ortho nitro benzene ring substituents is 1. The van der Waals surface area contributed by atoms with E-state index in [0.717, 1.165) is 24.9 Å². The highest BCUT2D eigenvalue weighted by Crippen LogP contribution is 2.31. The second kappa shape index (κ2) is 5.22. The first-order valence-corrected chi connectivity index (χ1v) is 5.94. The zero-order valence-corrected chi connectivity index (χ0v) is 10.3. The standard InChI is InChI=1S/C12H17N3O3/c1-18-12-7-10(15(16)17)4-5-11(12)14-9-3-2-8(13)6-9/h4-5,7-9,14H,2-3,6,13H2,1H3. The average Bonchev–Trinajstić information content (AvgIpc) is 2.75. The molecule has 1 fully saturated rings. The molecule has 6 nitrogen and oxygen atoms in total. The van der Waals surface area contributed by atoms with Gasteiger partial charge in [0.2, 0.25) is 0 Å². The highest BCUT2D eigenvalue weighted by atomic mass is 16.6. The number of hydrogen-bond donors (Lipinski definition) is 2. The van der Waals surface area contributed by atoms with Gasteiger partial charge in [0.25, 0.3) is 5.69 Å². The minimum absolute atomic E-state index is 0.0283. The Kier molecular flexibility index (Phi) is 3.66. The molecule has 1 aromatic rings. The number of nitrogens with two attached hydrogens (primary N) is 1. The number of ether oxygens (including phenoxy) is 1. The molecule has 0 saturated heterocycles. The van der Waals surface area contributed by atoms with Crippen molar-refractivity contribution in [1.82, 2.24) is 0 Å². The number of nitrogens with zero attached hydrogens (tertiary/aromatic N) is 1. The summed E-state index contributed by atoms with van der Waals surface area (Å²) in [5, 5.41) is 14.0. The molecule has 18 heavy (non-hydrogen) atoms. The zero-order chi connectivity index (χ0) is 13.1. The molecule has 6 heteroatoms. The van der Waals surface area contributed by atoms with E-state index in [4.69, 9.17) is 10.5 Å². The summed E-state index contributed by atoms with van der Waals surface area (Å²) < 4.78 is 5.18. The molecule has 2 rings (SSSR count). The van der Waals surface area contributed by atoms with Crippen molar-refractivity contribution in [2.75, 3.05) is 12.4 Å². The van der Waals surface area contributed by atoms with Crippen LogP contribution in [0.15, 0.2) is 18.2 Å². The number of benzene rings is 1. The number of nitro benzene ring substituents is 1. The van der Waals surface area contributed by atoms with Crippen LogP contribution in [0.5, 0.6) is 5.75 Å². The average molecular weight is 251 g/mol. The van der Waals surface area contributed by atoms with E-state index in [1.165, 1.54) is 19.2 Å². The fourth-order valence-corrected chi connectivity index (χ4v) is 2.28. The molecule has 0 bridgehead atoms. The fourth-order valence-electron chi connectivity index (χ4n) is 2.28. The van der Waals surface area contributed by atoms with E-state index in [-0.39, 0.29) is 11.7 Å². The van der Waals surface area contributed by atoms with Gasteiger partial charge >= 0.3 is 0 Å². The molecule has 3 N–H and O–H groups in total. The number of nitro groups is 1. The predicted molar refractivity (Wildman–Crippen MR) is 68.9 cm³/mol. The van der Waals surface area contributed by atoms with Gasteiger partial charge in [-0.2, -0.15) is 0 Å². The van der Waals surface area contributed by atoms with Gasteiger partial charge in [0, 0.05) is 18.2 Å². The Bertz CT molecular complexity index is 450.